The number of Topliss-reactive ketones (excluding diaryl/α,β-unsaturated/α-hetero) is 1. The Bertz CT molecular complexity index is 294. The zero-order chi connectivity index (χ0) is 11.3. The third kappa shape index (κ3) is 3.21. The minimum atomic E-state index is -1.27. The Labute approximate surface area is 80.1 Å². The molecule has 7 nitrogen and oxygen atoms in total. The van der Waals surface area contributed by atoms with Crippen LogP contribution in [0.15, 0.2) is 11.9 Å². The van der Waals surface area contributed by atoms with Crippen LogP contribution in [0, 0.1) is 10.1 Å². The summed E-state index contributed by atoms with van der Waals surface area (Å²) < 4.78 is 4.07. The van der Waals surface area contributed by atoms with Crippen molar-refractivity contribution in [2.45, 2.75) is 0 Å². The SMILES string of the molecule is COC(=O)C(=O)/C(=C/N(C)C)[N+](=O)[O-]. The molecule has 0 rings (SSSR count). The molecule has 0 heterocycles. The van der Waals surface area contributed by atoms with Crippen molar-refractivity contribution >= 4 is 11.8 Å². The van der Waals surface area contributed by atoms with Gasteiger partial charge >= 0.3 is 17.4 Å². The third-order valence-corrected chi connectivity index (χ3v) is 1.18. The number of carbonyl (C=O) groups excluding carboxylic acids is 2. The first kappa shape index (κ1) is 12.1. The van der Waals surface area contributed by atoms with Gasteiger partial charge in [0, 0.05) is 14.1 Å². The van der Waals surface area contributed by atoms with Gasteiger partial charge in [-0.15, -0.1) is 0 Å². The Kier molecular flexibility index (Phi) is 4.27. The van der Waals surface area contributed by atoms with E-state index >= 15 is 0 Å². The maximum atomic E-state index is 11.0. The van der Waals surface area contributed by atoms with Crippen molar-refractivity contribution in [1.29, 1.82) is 0 Å². The van der Waals surface area contributed by atoms with Crippen LogP contribution in [0.3, 0.4) is 0 Å². The summed E-state index contributed by atoms with van der Waals surface area (Å²) in [5, 5.41) is 10.4. The first-order valence-electron chi connectivity index (χ1n) is 3.55. The van der Waals surface area contributed by atoms with E-state index in [9.17, 15) is 19.7 Å². The molecule has 0 spiro atoms. The summed E-state index contributed by atoms with van der Waals surface area (Å²) in [4.78, 5) is 32.5. The maximum Gasteiger partial charge on any atom is 0.386 e. The van der Waals surface area contributed by atoms with Crippen LogP contribution in [0.2, 0.25) is 0 Å². The summed E-state index contributed by atoms with van der Waals surface area (Å²) in [5.74, 6) is -2.53. The number of methoxy groups -OCH3 is 1. The molecule has 0 aliphatic rings. The van der Waals surface area contributed by atoms with Gasteiger partial charge in [0.25, 0.3) is 0 Å². The summed E-state index contributed by atoms with van der Waals surface area (Å²) in [6.45, 7) is 0. The van der Waals surface area contributed by atoms with Crippen LogP contribution in [0.4, 0.5) is 0 Å². The number of ether oxygens (including phenoxy) is 1. The molecule has 14 heavy (non-hydrogen) atoms. The van der Waals surface area contributed by atoms with Crippen LogP contribution in [0.1, 0.15) is 0 Å². The fraction of sp³-hybridized carbons (Fsp3) is 0.429. The molecule has 0 aromatic rings. The molecule has 0 aromatic carbocycles. The van der Waals surface area contributed by atoms with Crippen molar-refractivity contribution in [2.75, 3.05) is 21.2 Å². The van der Waals surface area contributed by atoms with Crippen LogP contribution < -0.4 is 0 Å². The zero-order valence-electron chi connectivity index (χ0n) is 8.01. The van der Waals surface area contributed by atoms with E-state index in [2.05, 4.69) is 4.74 Å². The zero-order valence-corrected chi connectivity index (χ0v) is 8.01. The minimum Gasteiger partial charge on any atom is -0.463 e. The average molecular weight is 202 g/mol. The molecule has 0 aliphatic heterocycles. The number of ketones is 1. The van der Waals surface area contributed by atoms with E-state index in [0.717, 1.165) is 13.3 Å². The third-order valence-electron chi connectivity index (χ3n) is 1.18. The molecule has 0 aliphatic carbocycles. The summed E-state index contributed by atoms with van der Waals surface area (Å²) in [6, 6.07) is 0. The van der Waals surface area contributed by atoms with Crippen LogP contribution >= 0.6 is 0 Å². The molecule has 0 bridgehead atoms. The Morgan fingerprint density at radius 1 is 1.43 bits per heavy atom. The molecule has 0 saturated carbocycles. The van der Waals surface area contributed by atoms with Crippen molar-refractivity contribution in [1.82, 2.24) is 4.90 Å². The Morgan fingerprint density at radius 3 is 2.21 bits per heavy atom. The topological polar surface area (TPSA) is 89.8 Å². The standard InChI is InChI=1S/C7H10N2O5/c1-8(2)4-5(9(12)13)6(10)7(11)14-3/h4H,1-3H3/b5-4-. The van der Waals surface area contributed by atoms with Crippen LogP contribution in [0.25, 0.3) is 0 Å². The lowest BCUT2D eigenvalue weighted by Gasteiger charge is -2.03. The fourth-order valence-corrected chi connectivity index (χ4v) is 0.631. The summed E-state index contributed by atoms with van der Waals surface area (Å²) >= 11 is 0. The average Bonchev–Trinajstić information content (AvgIpc) is 2.11. The Hall–Kier alpha value is -1.92. The maximum absolute atomic E-state index is 11.0. The Balaban J connectivity index is 4.95. The molecule has 0 N–H and O–H groups in total. The summed E-state index contributed by atoms with van der Waals surface area (Å²) in [5.41, 5.74) is -0.818. The second kappa shape index (κ2) is 4.95. The lowest BCUT2D eigenvalue weighted by Crippen LogP contribution is -2.24. The number of rotatable bonds is 4. The van der Waals surface area contributed by atoms with E-state index in [1.807, 2.05) is 0 Å². The van der Waals surface area contributed by atoms with Crippen molar-refractivity contribution in [3.05, 3.63) is 22.0 Å². The van der Waals surface area contributed by atoms with Gasteiger partial charge in [-0.05, 0) is 0 Å². The highest BCUT2D eigenvalue weighted by Crippen LogP contribution is 2.00. The van der Waals surface area contributed by atoms with Crippen LogP contribution in [0.5, 0.6) is 0 Å². The van der Waals surface area contributed by atoms with Gasteiger partial charge in [-0.1, -0.05) is 0 Å². The fourth-order valence-electron chi connectivity index (χ4n) is 0.631. The number of carbonyl (C=O) groups is 2. The highest BCUT2D eigenvalue weighted by Gasteiger charge is 2.30. The van der Waals surface area contributed by atoms with E-state index < -0.39 is 22.4 Å². The largest absolute Gasteiger partial charge is 0.463 e. The second-order valence-electron chi connectivity index (χ2n) is 2.56. The molecular formula is C7H10N2O5. The van der Waals surface area contributed by atoms with Gasteiger partial charge in [0.05, 0.1) is 18.2 Å². The molecular weight excluding hydrogens is 192 g/mol. The first-order valence-corrected chi connectivity index (χ1v) is 3.55. The predicted molar refractivity (Wildman–Crippen MR) is 45.8 cm³/mol. The van der Waals surface area contributed by atoms with Gasteiger partial charge in [-0.25, -0.2) is 4.79 Å². The lowest BCUT2D eigenvalue weighted by molar-refractivity contribution is -0.419. The van der Waals surface area contributed by atoms with Crippen molar-refractivity contribution in [3.8, 4) is 0 Å². The summed E-state index contributed by atoms with van der Waals surface area (Å²) in [6.07, 6.45) is 0.944. The molecule has 0 atom stereocenters. The predicted octanol–water partition coefficient (Wildman–Crippen LogP) is -0.592. The first-order chi connectivity index (χ1) is 6.40. The van der Waals surface area contributed by atoms with Gasteiger partial charge in [0.15, 0.2) is 0 Å². The molecule has 0 saturated heterocycles. The molecule has 7 heteroatoms. The van der Waals surface area contributed by atoms with Crippen LogP contribution in [-0.2, 0) is 14.3 Å². The Morgan fingerprint density at radius 2 is 1.93 bits per heavy atom. The highest BCUT2D eigenvalue weighted by molar-refractivity contribution is 6.39. The number of esters is 1. The number of hydrogen-bond donors (Lipinski definition) is 0. The minimum absolute atomic E-state index is 0.818. The lowest BCUT2D eigenvalue weighted by atomic mass is 10.3. The normalized spacial score (nSPS) is 10.6. The molecule has 0 fully saturated rings. The monoisotopic (exact) mass is 202 g/mol. The number of hydrogen-bond acceptors (Lipinski definition) is 6. The van der Waals surface area contributed by atoms with E-state index in [1.165, 1.54) is 19.0 Å². The smallest absolute Gasteiger partial charge is 0.386 e. The number of nitrogens with zero attached hydrogens (tertiary/aromatic N) is 2. The molecule has 78 valence electrons. The van der Waals surface area contributed by atoms with Crippen molar-refractivity contribution in [3.63, 3.8) is 0 Å². The molecule has 0 radical (unpaired) electrons. The van der Waals surface area contributed by atoms with E-state index in [4.69, 9.17) is 0 Å². The van der Waals surface area contributed by atoms with E-state index in [-0.39, 0.29) is 0 Å². The van der Waals surface area contributed by atoms with Gasteiger partial charge in [-0.3, -0.25) is 14.9 Å². The molecule has 0 unspecified atom stereocenters. The second-order valence-corrected chi connectivity index (χ2v) is 2.56. The van der Waals surface area contributed by atoms with Gasteiger partial charge in [0.1, 0.15) is 0 Å². The van der Waals surface area contributed by atoms with Crippen LogP contribution in [-0.4, -0.2) is 42.8 Å². The van der Waals surface area contributed by atoms with Crippen molar-refractivity contribution in [2.24, 2.45) is 0 Å². The van der Waals surface area contributed by atoms with E-state index in [0.29, 0.717) is 0 Å². The summed E-state index contributed by atoms with van der Waals surface area (Å²) in [7, 11) is 3.97. The number of nitro groups is 1. The highest BCUT2D eigenvalue weighted by atomic mass is 16.6. The molecule has 0 amide bonds. The van der Waals surface area contributed by atoms with Gasteiger partial charge in [-0.2, -0.15) is 0 Å². The van der Waals surface area contributed by atoms with Gasteiger partial charge < -0.3 is 9.64 Å². The molecule has 0 aromatic heterocycles. The van der Waals surface area contributed by atoms with Crippen molar-refractivity contribution < 1.29 is 19.2 Å². The van der Waals surface area contributed by atoms with Gasteiger partial charge in [0.2, 0.25) is 0 Å². The quantitative estimate of drug-likeness (QED) is 0.199. The van der Waals surface area contributed by atoms with E-state index in [1.54, 1.807) is 0 Å².